The second kappa shape index (κ2) is 8.42. The Morgan fingerprint density at radius 1 is 1.14 bits per heavy atom. The molecule has 116 valence electrons. The number of carbonyl (C=O) groups excluding carboxylic acids is 2. The van der Waals surface area contributed by atoms with E-state index in [4.69, 9.17) is 4.74 Å². The SMILES string of the molecule is COC(=O)C(C)CN(CCN(C)C)C(=O)c1ccccc1. The molecule has 1 amide bonds. The van der Waals surface area contributed by atoms with Gasteiger partial charge in [-0.2, -0.15) is 0 Å². The van der Waals surface area contributed by atoms with E-state index in [2.05, 4.69) is 0 Å². The number of ether oxygens (including phenoxy) is 1. The third kappa shape index (κ3) is 5.55. The van der Waals surface area contributed by atoms with Crippen LogP contribution in [0.4, 0.5) is 0 Å². The minimum Gasteiger partial charge on any atom is -0.469 e. The highest BCUT2D eigenvalue weighted by atomic mass is 16.5. The molecule has 0 aliphatic carbocycles. The average molecular weight is 292 g/mol. The molecule has 21 heavy (non-hydrogen) atoms. The van der Waals surface area contributed by atoms with Gasteiger partial charge in [0, 0.05) is 25.2 Å². The van der Waals surface area contributed by atoms with Gasteiger partial charge in [0.15, 0.2) is 0 Å². The molecule has 0 aromatic heterocycles. The van der Waals surface area contributed by atoms with Gasteiger partial charge in [-0.25, -0.2) is 0 Å². The maximum atomic E-state index is 12.6. The van der Waals surface area contributed by atoms with E-state index in [1.165, 1.54) is 7.11 Å². The number of rotatable bonds is 7. The van der Waals surface area contributed by atoms with Crippen molar-refractivity contribution < 1.29 is 14.3 Å². The molecule has 1 unspecified atom stereocenters. The number of methoxy groups -OCH3 is 1. The first-order valence-electron chi connectivity index (χ1n) is 7.02. The summed E-state index contributed by atoms with van der Waals surface area (Å²) in [5, 5.41) is 0. The van der Waals surface area contributed by atoms with E-state index in [1.54, 1.807) is 24.0 Å². The molecule has 5 heteroatoms. The van der Waals surface area contributed by atoms with Crippen LogP contribution in [0.25, 0.3) is 0 Å². The molecule has 0 fully saturated rings. The molecule has 1 aromatic rings. The largest absolute Gasteiger partial charge is 0.469 e. The lowest BCUT2D eigenvalue weighted by molar-refractivity contribution is -0.145. The van der Waals surface area contributed by atoms with Crippen molar-refractivity contribution in [2.75, 3.05) is 40.8 Å². The Bertz CT molecular complexity index is 460. The van der Waals surface area contributed by atoms with E-state index in [0.29, 0.717) is 18.7 Å². The van der Waals surface area contributed by atoms with Gasteiger partial charge >= 0.3 is 5.97 Å². The Hall–Kier alpha value is -1.88. The minimum absolute atomic E-state index is 0.0618. The summed E-state index contributed by atoms with van der Waals surface area (Å²) < 4.78 is 4.74. The zero-order valence-corrected chi connectivity index (χ0v) is 13.2. The first-order chi connectivity index (χ1) is 9.95. The van der Waals surface area contributed by atoms with Crippen molar-refractivity contribution >= 4 is 11.9 Å². The number of likely N-dealkylation sites (N-methyl/N-ethyl adjacent to an activating group) is 1. The van der Waals surface area contributed by atoms with Gasteiger partial charge < -0.3 is 14.5 Å². The molecule has 1 aromatic carbocycles. The molecule has 0 N–H and O–H groups in total. The molecule has 0 heterocycles. The van der Waals surface area contributed by atoms with Crippen LogP contribution in [0, 0.1) is 5.92 Å². The summed E-state index contributed by atoms with van der Waals surface area (Å²) in [5.74, 6) is -0.705. The Labute approximate surface area is 126 Å². The highest BCUT2D eigenvalue weighted by Gasteiger charge is 2.22. The second-order valence-electron chi connectivity index (χ2n) is 5.34. The highest BCUT2D eigenvalue weighted by Crippen LogP contribution is 2.09. The van der Waals surface area contributed by atoms with Gasteiger partial charge in [-0.1, -0.05) is 25.1 Å². The van der Waals surface area contributed by atoms with Crippen LogP contribution in [0.2, 0.25) is 0 Å². The van der Waals surface area contributed by atoms with Crippen molar-refractivity contribution in [3.05, 3.63) is 35.9 Å². The van der Waals surface area contributed by atoms with Crippen molar-refractivity contribution in [1.82, 2.24) is 9.80 Å². The van der Waals surface area contributed by atoms with Crippen LogP contribution in [-0.2, 0) is 9.53 Å². The number of hydrogen-bond donors (Lipinski definition) is 0. The predicted octanol–water partition coefficient (Wildman–Crippen LogP) is 1.50. The number of carbonyl (C=O) groups is 2. The summed E-state index contributed by atoms with van der Waals surface area (Å²) in [6, 6.07) is 9.11. The zero-order valence-electron chi connectivity index (χ0n) is 13.2. The fourth-order valence-electron chi connectivity index (χ4n) is 1.97. The van der Waals surface area contributed by atoms with Crippen LogP contribution >= 0.6 is 0 Å². The monoisotopic (exact) mass is 292 g/mol. The first kappa shape index (κ1) is 17.2. The topological polar surface area (TPSA) is 49.9 Å². The summed E-state index contributed by atoms with van der Waals surface area (Å²) in [6.07, 6.45) is 0. The summed E-state index contributed by atoms with van der Waals surface area (Å²) >= 11 is 0. The summed E-state index contributed by atoms with van der Waals surface area (Å²) in [6.45, 7) is 3.44. The van der Waals surface area contributed by atoms with E-state index in [0.717, 1.165) is 6.54 Å². The molecule has 1 rings (SSSR count). The quantitative estimate of drug-likeness (QED) is 0.715. The fourth-order valence-corrected chi connectivity index (χ4v) is 1.97. The van der Waals surface area contributed by atoms with Crippen LogP contribution in [0.5, 0.6) is 0 Å². The Balaban J connectivity index is 2.81. The smallest absolute Gasteiger partial charge is 0.310 e. The molecule has 0 bridgehead atoms. The van der Waals surface area contributed by atoms with Gasteiger partial charge in [0.2, 0.25) is 0 Å². The second-order valence-corrected chi connectivity index (χ2v) is 5.34. The van der Waals surface area contributed by atoms with Crippen molar-refractivity contribution in [3.8, 4) is 0 Å². The van der Waals surface area contributed by atoms with Gasteiger partial charge in [0.25, 0.3) is 5.91 Å². The molecule has 0 spiro atoms. The molecule has 0 aliphatic rings. The Morgan fingerprint density at radius 3 is 2.29 bits per heavy atom. The molecular weight excluding hydrogens is 268 g/mol. The van der Waals surface area contributed by atoms with E-state index >= 15 is 0 Å². The maximum absolute atomic E-state index is 12.6. The van der Waals surface area contributed by atoms with Gasteiger partial charge in [-0.15, -0.1) is 0 Å². The predicted molar refractivity (Wildman–Crippen MR) is 82.1 cm³/mol. The van der Waals surface area contributed by atoms with Crippen molar-refractivity contribution in [2.45, 2.75) is 6.92 Å². The molecule has 0 saturated carbocycles. The first-order valence-corrected chi connectivity index (χ1v) is 7.02. The van der Waals surface area contributed by atoms with Crippen LogP contribution in [-0.4, -0.2) is 62.5 Å². The van der Waals surface area contributed by atoms with Gasteiger partial charge in [0.1, 0.15) is 0 Å². The van der Waals surface area contributed by atoms with Gasteiger partial charge in [-0.3, -0.25) is 9.59 Å². The van der Waals surface area contributed by atoms with E-state index < -0.39 is 0 Å². The molecule has 0 aliphatic heterocycles. The number of nitrogens with zero attached hydrogens (tertiary/aromatic N) is 2. The minimum atomic E-state index is -0.343. The van der Waals surface area contributed by atoms with Crippen LogP contribution in [0.1, 0.15) is 17.3 Å². The number of amides is 1. The van der Waals surface area contributed by atoms with Gasteiger partial charge in [-0.05, 0) is 26.2 Å². The summed E-state index contributed by atoms with van der Waals surface area (Å²) in [5.41, 5.74) is 0.633. The third-order valence-corrected chi connectivity index (χ3v) is 3.22. The van der Waals surface area contributed by atoms with Crippen LogP contribution in [0.15, 0.2) is 30.3 Å². The molecule has 0 saturated heterocycles. The van der Waals surface area contributed by atoms with Crippen LogP contribution in [0.3, 0.4) is 0 Å². The highest BCUT2D eigenvalue weighted by molar-refractivity contribution is 5.94. The standard InChI is InChI=1S/C16H24N2O3/c1-13(16(20)21-4)12-18(11-10-17(2)3)15(19)14-8-6-5-7-9-14/h5-9,13H,10-12H2,1-4H3. The van der Waals surface area contributed by atoms with Crippen molar-refractivity contribution in [3.63, 3.8) is 0 Å². The summed E-state index contributed by atoms with van der Waals surface area (Å²) in [7, 11) is 5.27. The maximum Gasteiger partial charge on any atom is 0.310 e. The molecule has 1 atom stereocenters. The molecular formula is C16H24N2O3. The lowest BCUT2D eigenvalue weighted by Crippen LogP contribution is -2.41. The van der Waals surface area contributed by atoms with Gasteiger partial charge in [0.05, 0.1) is 13.0 Å². The molecule has 0 radical (unpaired) electrons. The zero-order chi connectivity index (χ0) is 15.8. The van der Waals surface area contributed by atoms with E-state index in [-0.39, 0.29) is 17.8 Å². The lowest BCUT2D eigenvalue weighted by atomic mass is 10.1. The molecule has 5 nitrogen and oxygen atoms in total. The van der Waals surface area contributed by atoms with Crippen molar-refractivity contribution in [1.29, 1.82) is 0 Å². The average Bonchev–Trinajstić information content (AvgIpc) is 2.50. The normalized spacial score (nSPS) is 12.0. The third-order valence-electron chi connectivity index (χ3n) is 3.22. The number of hydrogen-bond acceptors (Lipinski definition) is 4. The van der Waals surface area contributed by atoms with E-state index in [1.807, 2.05) is 37.2 Å². The van der Waals surface area contributed by atoms with E-state index in [9.17, 15) is 9.59 Å². The lowest BCUT2D eigenvalue weighted by Gasteiger charge is -2.26. The fraction of sp³-hybridized carbons (Fsp3) is 0.500. The Kier molecular flexibility index (Phi) is 6.88. The number of benzene rings is 1. The Morgan fingerprint density at radius 2 is 1.76 bits per heavy atom. The van der Waals surface area contributed by atoms with Crippen LogP contribution < -0.4 is 0 Å². The number of esters is 1. The summed E-state index contributed by atoms with van der Waals surface area (Å²) in [4.78, 5) is 27.8. The van der Waals surface area contributed by atoms with Crippen molar-refractivity contribution in [2.24, 2.45) is 5.92 Å².